The maximum atomic E-state index is 13.1. The number of nitrogens with one attached hydrogen (secondary N) is 1. The van der Waals surface area contributed by atoms with Crippen molar-refractivity contribution in [2.75, 3.05) is 5.32 Å². The zero-order chi connectivity index (χ0) is 19.6. The third-order valence-corrected chi connectivity index (χ3v) is 5.19. The number of benzene rings is 1. The highest BCUT2D eigenvalue weighted by Gasteiger charge is 2.16. The summed E-state index contributed by atoms with van der Waals surface area (Å²) in [6.07, 6.45) is 5.01. The normalized spacial score (nSPS) is 10.9. The zero-order valence-corrected chi connectivity index (χ0v) is 15.9. The number of pyridine rings is 2. The summed E-state index contributed by atoms with van der Waals surface area (Å²) in [5, 5.41) is 6.11. The van der Waals surface area contributed by atoms with E-state index in [1.54, 1.807) is 30.8 Å². The first-order valence-electron chi connectivity index (χ1n) is 8.89. The number of hydrogen-bond acceptors (Lipinski definition) is 6. The third-order valence-electron chi connectivity index (χ3n) is 4.44. The Morgan fingerprint density at radius 3 is 2.66 bits per heavy atom. The average Bonchev–Trinajstić information content (AvgIpc) is 3.46. The topological polar surface area (TPSA) is 80.9 Å². The minimum absolute atomic E-state index is 0.243. The van der Waals surface area contributed by atoms with Crippen molar-refractivity contribution in [2.45, 2.75) is 0 Å². The fourth-order valence-corrected chi connectivity index (χ4v) is 3.78. The van der Waals surface area contributed by atoms with E-state index in [1.165, 1.54) is 11.3 Å². The molecule has 5 rings (SSSR count). The standard InChI is InChI=1S/C22H14N4O2S/c27-21(26-22-25-19(13-29-22)14-7-9-23-10-8-14)16-12-18(20-6-3-11-28-20)24-17-5-2-1-4-15(16)17/h1-13H,(H,25,26,27). The van der Waals surface area contributed by atoms with Crippen molar-refractivity contribution in [1.29, 1.82) is 0 Å². The van der Waals surface area contributed by atoms with Gasteiger partial charge in [-0.05, 0) is 36.4 Å². The van der Waals surface area contributed by atoms with Crippen LogP contribution in [0.2, 0.25) is 0 Å². The Bertz CT molecular complexity index is 1300. The van der Waals surface area contributed by atoms with E-state index in [0.717, 1.165) is 22.2 Å². The lowest BCUT2D eigenvalue weighted by Crippen LogP contribution is -2.13. The number of thiazole rings is 1. The van der Waals surface area contributed by atoms with Crippen LogP contribution in [0.3, 0.4) is 0 Å². The molecular weight excluding hydrogens is 384 g/mol. The summed E-state index contributed by atoms with van der Waals surface area (Å²) >= 11 is 1.38. The van der Waals surface area contributed by atoms with E-state index in [0.29, 0.717) is 22.1 Å². The lowest BCUT2D eigenvalue weighted by Gasteiger charge is -2.08. The smallest absolute Gasteiger partial charge is 0.258 e. The SMILES string of the molecule is O=C(Nc1nc(-c2ccncc2)cs1)c1cc(-c2ccco2)nc2ccccc12. The Morgan fingerprint density at radius 2 is 1.83 bits per heavy atom. The Kier molecular flexibility index (Phi) is 4.34. The molecule has 0 bridgehead atoms. The number of hydrogen-bond donors (Lipinski definition) is 1. The van der Waals surface area contributed by atoms with Gasteiger partial charge >= 0.3 is 0 Å². The molecule has 140 valence electrons. The van der Waals surface area contributed by atoms with E-state index in [-0.39, 0.29) is 5.91 Å². The Balaban J connectivity index is 1.50. The van der Waals surface area contributed by atoms with Crippen LogP contribution in [-0.4, -0.2) is 20.9 Å². The molecule has 29 heavy (non-hydrogen) atoms. The molecule has 0 radical (unpaired) electrons. The quantitative estimate of drug-likeness (QED) is 0.446. The molecule has 0 atom stereocenters. The van der Waals surface area contributed by atoms with Gasteiger partial charge < -0.3 is 4.42 Å². The minimum atomic E-state index is -0.243. The monoisotopic (exact) mass is 398 g/mol. The van der Waals surface area contributed by atoms with Crippen LogP contribution in [-0.2, 0) is 0 Å². The lowest BCUT2D eigenvalue weighted by atomic mass is 10.1. The summed E-state index contributed by atoms with van der Waals surface area (Å²) < 4.78 is 5.46. The van der Waals surface area contributed by atoms with E-state index in [1.807, 2.05) is 47.8 Å². The summed E-state index contributed by atoms with van der Waals surface area (Å²) in [6, 6.07) is 16.7. The summed E-state index contributed by atoms with van der Waals surface area (Å²) in [4.78, 5) is 26.2. The molecule has 0 aliphatic heterocycles. The van der Waals surface area contributed by atoms with Crippen molar-refractivity contribution in [1.82, 2.24) is 15.0 Å². The molecule has 1 N–H and O–H groups in total. The van der Waals surface area contributed by atoms with Gasteiger partial charge in [0.15, 0.2) is 10.9 Å². The highest BCUT2D eigenvalue weighted by molar-refractivity contribution is 7.14. The predicted molar refractivity (Wildman–Crippen MR) is 113 cm³/mol. The minimum Gasteiger partial charge on any atom is -0.463 e. The second-order valence-electron chi connectivity index (χ2n) is 6.28. The van der Waals surface area contributed by atoms with Crippen LogP contribution in [0.4, 0.5) is 5.13 Å². The van der Waals surface area contributed by atoms with Crippen LogP contribution in [0.5, 0.6) is 0 Å². The van der Waals surface area contributed by atoms with Gasteiger partial charge in [-0.25, -0.2) is 9.97 Å². The van der Waals surface area contributed by atoms with Crippen LogP contribution < -0.4 is 5.32 Å². The number of rotatable bonds is 4. The van der Waals surface area contributed by atoms with Crippen molar-refractivity contribution in [3.05, 3.63) is 84.2 Å². The Morgan fingerprint density at radius 1 is 0.966 bits per heavy atom. The molecule has 0 aliphatic carbocycles. The van der Waals surface area contributed by atoms with Crippen molar-refractivity contribution >= 4 is 33.3 Å². The molecule has 7 heteroatoms. The maximum absolute atomic E-state index is 13.1. The number of carbonyl (C=O) groups excluding carboxylic acids is 1. The first-order valence-corrected chi connectivity index (χ1v) is 9.77. The van der Waals surface area contributed by atoms with Crippen LogP contribution in [0.1, 0.15) is 10.4 Å². The molecular formula is C22H14N4O2S. The Labute approximate surface area is 169 Å². The van der Waals surface area contributed by atoms with E-state index >= 15 is 0 Å². The molecule has 0 aliphatic rings. The average molecular weight is 398 g/mol. The lowest BCUT2D eigenvalue weighted by molar-refractivity contribution is 0.102. The molecule has 0 saturated carbocycles. The molecule has 4 heterocycles. The van der Waals surface area contributed by atoms with Gasteiger partial charge in [0.1, 0.15) is 5.69 Å². The van der Waals surface area contributed by atoms with Crippen LogP contribution in [0, 0.1) is 0 Å². The third kappa shape index (κ3) is 3.39. The second-order valence-corrected chi connectivity index (χ2v) is 7.14. The molecule has 4 aromatic heterocycles. The van der Waals surface area contributed by atoms with Gasteiger partial charge in [-0.2, -0.15) is 0 Å². The second kappa shape index (κ2) is 7.29. The predicted octanol–water partition coefficient (Wildman–Crippen LogP) is 5.27. The van der Waals surface area contributed by atoms with Crippen molar-refractivity contribution in [2.24, 2.45) is 0 Å². The molecule has 6 nitrogen and oxygen atoms in total. The summed E-state index contributed by atoms with van der Waals surface area (Å²) in [5.41, 5.74) is 3.59. The molecule has 1 amide bonds. The summed E-state index contributed by atoms with van der Waals surface area (Å²) in [5.74, 6) is 0.367. The molecule has 0 unspecified atom stereocenters. The number of carbonyl (C=O) groups is 1. The van der Waals surface area contributed by atoms with E-state index in [4.69, 9.17) is 4.42 Å². The molecule has 0 saturated heterocycles. The number of aromatic nitrogens is 3. The number of fused-ring (bicyclic) bond motifs is 1. The summed E-state index contributed by atoms with van der Waals surface area (Å²) in [7, 11) is 0. The molecule has 1 aromatic carbocycles. The van der Waals surface area contributed by atoms with Gasteiger partial charge in [0.05, 0.1) is 23.0 Å². The first-order chi connectivity index (χ1) is 14.3. The highest BCUT2D eigenvalue weighted by Crippen LogP contribution is 2.28. The number of amides is 1. The number of para-hydroxylation sites is 1. The van der Waals surface area contributed by atoms with Crippen molar-refractivity contribution in [3.63, 3.8) is 0 Å². The van der Waals surface area contributed by atoms with Crippen LogP contribution in [0.15, 0.2) is 83.1 Å². The molecule has 0 fully saturated rings. The fraction of sp³-hybridized carbons (Fsp3) is 0. The number of anilines is 1. The van der Waals surface area contributed by atoms with E-state index in [9.17, 15) is 4.79 Å². The van der Waals surface area contributed by atoms with Gasteiger partial charge in [0.25, 0.3) is 5.91 Å². The van der Waals surface area contributed by atoms with Crippen LogP contribution in [0.25, 0.3) is 33.6 Å². The van der Waals surface area contributed by atoms with E-state index < -0.39 is 0 Å². The van der Waals surface area contributed by atoms with Gasteiger partial charge in [-0.15, -0.1) is 11.3 Å². The van der Waals surface area contributed by atoms with Crippen LogP contribution >= 0.6 is 11.3 Å². The van der Waals surface area contributed by atoms with Gasteiger partial charge in [-0.3, -0.25) is 15.1 Å². The number of nitrogens with zero attached hydrogens (tertiary/aromatic N) is 3. The van der Waals surface area contributed by atoms with Crippen molar-refractivity contribution in [3.8, 4) is 22.7 Å². The van der Waals surface area contributed by atoms with Gasteiger partial charge in [0.2, 0.25) is 0 Å². The number of furan rings is 1. The van der Waals surface area contributed by atoms with Crippen molar-refractivity contribution < 1.29 is 9.21 Å². The fourth-order valence-electron chi connectivity index (χ4n) is 3.06. The van der Waals surface area contributed by atoms with Gasteiger partial charge in [0, 0.05) is 28.7 Å². The molecule has 0 spiro atoms. The largest absolute Gasteiger partial charge is 0.463 e. The zero-order valence-electron chi connectivity index (χ0n) is 15.1. The first kappa shape index (κ1) is 17.3. The maximum Gasteiger partial charge on any atom is 0.258 e. The summed E-state index contributed by atoms with van der Waals surface area (Å²) in [6.45, 7) is 0. The van der Waals surface area contributed by atoms with E-state index in [2.05, 4.69) is 20.3 Å². The highest BCUT2D eigenvalue weighted by atomic mass is 32.1. The van der Waals surface area contributed by atoms with Gasteiger partial charge in [-0.1, -0.05) is 18.2 Å². The Hall–Kier alpha value is -3.84. The molecule has 5 aromatic rings.